The van der Waals surface area contributed by atoms with Crippen LogP contribution >= 0.6 is 0 Å². The quantitative estimate of drug-likeness (QED) is 0.776. The Morgan fingerprint density at radius 1 is 1.33 bits per heavy atom. The zero-order valence-electron chi connectivity index (χ0n) is 11.5. The van der Waals surface area contributed by atoms with Crippen LogP contribution in [0.2, 0.25) is 0 Å². The highest BCUT2D eigenvalue weighted by atomic mass is 16.1. The number of amides is 1. The molecule has 2 aromatic rings. The Balaban J connectivity index is 1.67. The summed E-state index contributed by atoms with van der Waals surface area (Å²) >= 11 is 0. The molecule has 7 heteroatoms. The second-order valence-electron chi connectivity index (χ2n) is 5.09. The Morgan fingerprint density at radius 2 is 2.14 bits per heavy atom. The third kappa shape index (κ3) is 3.19. The molecule has 1 aliphatic rings. The minimum Gasteiger partial charge on any atom is -0.328 e. The average Bonchev–Trinajstić information content (AvgIpc) is 2.97. The molecule has 21 heavy (non-hydrogen) atoms. The van der Waals surface area contributed by atoms with Gasteiger partial charge in [-0.15, -0.1) is 0 Å². The van der Waals surface area contributed by atoms with Crippen molar-refractivity contribution >= 4 is 11.6 Å². The number of hydrogen-bond donors (Lipinski definition) is 3. The maximum Gasteiger partial charge on any atom is 0.257 e. The first kappa shape index (κ1) is 13.6. The second-order valence-corrected chi connectivity index (χ2v) is 5.09. The highest BCUT2D eigenvalue weighted by Gasteiger charge is 2.16. The fourth-order valence-corrected chi connectivity index (χ4v) is 2.43. The van der Waals surface area contributed by atoms with E-state index in [1.807, 2.05) is 10.9 Å². The van der Waals surface area contributed by atoms with Gasteiger partial charge in [-0.25, -0.2) is 0 Å². The lowest BCUT2D eigenvalue weighted by Gasteiger charge is -2.22. The molecule has 0 aliphatic carbocycles. The van der Waals surface area contributed by atoms with Crippen molar-refractivity contribution in [3.05, 3.63) is 46.6 Å². The predicted octanol–water partition coefficient (Wildman–Crippen LogP) is 0.748. The van der Waals surface area contributed by atoms with Crippen molar-refractivity contribution < 1.29 is 4.79 Å². The number of hydrogen-bond acceptors (Lipinski definition) is 4. The van der Waals surface area contributed by atoms with Crippen LogP contribution in [-0.4, -0.2) is 33.8 Å². The number of aromatic amines is 1. The number of pyridine rings is 1. The molecule has 3 N–H and O–H groups in total. The van der Waals surface area contributed by atoms with Gasteiger partial charge in [-0.2, -0.15) is 5.10 Å². The smallest absolute Gasteiger partial charge is 0.257 e. The molecule has 3 rings (SSSR count). The number of rotatable bonds is 3. The van der Waals surface area contributed by atoms with Crippen LogP contribution in [0.3, 0.4) is 0 Å². The van der Waals surface area contributed by atoms with Crippen molar-refractivity contribution in [2.75, 3.05) is 18.4 Å². The second kappa shape index (κ2) is 5.92. The lowest BCUT2D eigenvalue weighted by atomic mass is 10.1. The minimum absolute atomic E-state index is 0.231. The van der Waals surface area contributed by atoms with E-state index in [4.69, 9.17) is 0 Å². The lowest BCUT2D eigenvalue weighted by molar-refractivity contribution is 0.102. The predicted molar refractivity (Wildman–Crippen MR) is 78.4 cm³/mol. The molecular weight excluding hydrogens is 270 g/mol. The van der Waals surface area contributed by atoms with Crippen LogP contribution < -0.4 is 16.2 Å². The molecule has 0 saturated carbocycles. The summed E-state index contributed by atoms with van der Waals surface area (Å²) in [6.45, 7) is 1.98. The highest BCUT2D eigenvalue weighted by molar-refractivity contribution is 6.03. The maximum atomic E-state index is 12.0. The van der Waals surface area contributed by atoms with Crippen molar-refractivity contribution in [3.63, 3.8) is 0 Å². The van der Waals surface area contributed by atoms with Crippen LogP contribution in [0.4, 0.5) is 5.69 Å². The van der Waals surface area contributed by atoms with Crippen molar-refractivity contribution in [2.24, 2.45) is 0 Å². The van der Waals surface area contributed by atoms with Crippen molar-refractivity contribution in [2.45, 2.75) is 18.9 Å². The van der Waals surface area contributed by atoms with E-state index in [1.54, 1.807) is 6.20 Å². The van der Waals surface area contributed by atoms with E-state index < -0.39 is 0 Å². The van der Waals surface area contributed by atoms with Gasteiger partial charge in [0.15, 0.2) is 0 Å². The van der Waals surface area contributed by atoms with E-state index in [9.17, 15) is 9.59 Å². The summed E-state index contributed by atoms with van der Waals surface area (Å²) in [4.78, 5) is 25.5. The molecule has 1 saturated heterocycles. The Bertz CT molecular complexity index is 664. The van der Waals surface area contributed by atoms with Crippen LogP contribution in [0.5, 0.6) is 0 Å². The summed E-state index contributed by atoms with van der Waals surface area (Å²) in [6, 6.07) is 3.20. The highest BCUT2D eigenvalue weighted by Crippen LogP contribution is 2.19. The maximum absolute atomic E-state index is 12.0. The summed E-state index contributed by atoms with van der Waals surface area (Å²) in [5.74, 6) is -0.267. The van der Waals surface area contributed by atoms with E-state index >= 15 is 0 Å². The van der Waals surface area contributed by atoms with Gasteiger partial charge in [0.1, 0.15) is 0 Å². The number of anilines is 1. The van der Waals surface area contributed by atoms with Gasteiger partial charge in [-0.1, -0.05) is 0 Å². The molecule has 1 aliphatic heterocycles. The summed E-state index contributed by atoms with van der Waals surface area (Å²) in [7, 11) is 0. The normalized spacial score (nSPS) is 15.8. The van der Waals surface area contributed by atoms with Gasteiger partial charge < -0.3 is 15.6 Å². The number of piperidine rings is 1. The van der Waals surface area contributed by atoms with Crippen LogP contribution in [-0.2, 0) is 0 Å². The lowest BCUT2D eigenvalue weighted by Crippen LogP contribution is -2.29. The van der Waals surface area contributed by atoms with Gasteiger partial charge in [0.25, 0.3) is 5.91 Å². The molecule has 0 unspecified atom stereocenters. The van der Waals surface area contributed by atoms with Crippen molar-refractivity contribution in [1.29, 1.82) is 0 Å². The Kier molecular flexibility index (Phi) is 3.83. The molecular formula is C14H17N5O2. The molecule has 7 nitrogen and oxygen atoms in total. The molecule has 0 spiro atoms. The number of carbonyl (C=O) groups excluding carboxylic acids is 1. The van der Waals surface area contributed by atoms with E-state index in [0.29, 0.717) is 17.3 Å². The first-order valence-corrected chi connectivity index (χ1v) is 6.97. The van der Waals surface area contributed by atoms with Crippen molar-refractivity contribution in [3.8, 4) is 0 Å². The number of aromatic nitrogens is 3. The molecule has 0 aromatic carbocycles. The Hall–Kier alpha value is -2.41. The third-order valence-electron chi connectivity index (χ3n) is 3.59. The number of carbonyl (C=O) groups is 1. The summed E-state index contributed by atoms with van der Waals surface area (Å²) in [6.07, 6.45) is 6.96. The van der Waals surface area contributed by atoms with Crippen LogP contribution in [0.15, 0.2) is 35.5 Å². The molecule has 110 valence electrons. The van der Waals surface area contributed by atoms with Gasteiger partial charge in [0.05, 0.1) is 23.5 Å². The fraction of sp³-hybridized carbons (Fsp3) is 0.357. The molecule has 2 aromatic heterocycles. The summed E-state index contributed by atoms with van der Waals surface area (Å²) in [5.41, 5.74) is 0.833. The first-order valence-electron chi connectivity index (χ1n) is 6.97. The summed E-state index contributed by atoms with van der Waals surface area (Å²) < 4.78 is 1.91. The Labute approximate surface area is 121 Å². The summed E-state index contributed by atoms with van der Waals surface area (Å²) in [5, 5.41) is 10.4. The van der Waals surface area contributed by atoms with Gasteiger partial charge in [0.2, 0.25) is 5.56 Å². The van der Waals surface area contributed by atoms with E-state index in [-0.39, 0.29) is 11.5 Å². The van der Waals surface area contributed by atoms with Crippen molar-refractivity contribution in [1.82, 2.24) is 20.1 Å². The molecule has 0 atom stereocenters. The molecule has 1 amide bonds. The van der Waals surface area contributed by atoms with Gasteiger partial charge in [0, 0.05) is 18.5 Å². The van der Waals surface area contributed by atoms with Gasteiger partial charge in [-0.05, 0) is 32.0 Å². The van der Waals surface area contributed by atoms with Crippen LogP contribution in [0, 0.1) is 0 Å². The molecule has 0 bridgehead atoms. The standard InChI is InChI=1S/C14H17N5O2/c20-13-2-1-10(7-16-13)14(21)18-11-8-17-19(9-11)12-3-5-15-6-4-12/h1-2,7-9,12,15H,3-6H2,(H,16,20)(H,18,21). The SMILES string of the molecule is O=C(Nc1cnn(C2CCNCC2)c1)c1ccc(=O)[nH]c1. The van der Waals surface area contributed by atoms with Crippen LogP contribution in [0.1, 0.15) is 29.2 Å². The van der Waals surface area contributed by atoms with E-state index in [2.05, 4.69) is 20.7 Å². The monoisotopic (exact) mass is 287 g/mol. The number of nitrogens with zero attached hydrogens (tertiary/aromatic N) is 2. The Morgan fingerprint density at radius 3 is 2.86 bits per heavy atom. The molecule has 1 fully saturated rings. The van der Waals surface area contributed by atoms with Crippen LogP contribution in [0.25, 0.3) is 0 Å². The topological polar surface area (TPSA) is 91.8 Å². The average molecular weight is 287 g/mol. The van der Waals surface area contributed by atoms with Gasteiger partial charge >= 0.3 is 0 Å². The fourth-order valence-electron chi connectivity index (χ4n) is 2.43. The van der Waals surface area contributed by atoms with E-state index in [1.165, 1.54) is 18.3 Å². The first-order chi connectivity index (χ1) is 10.2. The van der Waals surface area contributed by atoms with Gasteiger partial charge in [-0.3, -0.25) is 14.3 Å². The zero-order valence-corrected chi connectivity index (χ0v) is 11.5. The largest absolute Gasteiger partial charge is 0.328 e. The van der Waals surface area contributed by atoms with E-state index in [0.717, 1.165) is 25.9 Å². The number of nitrogens with one attached hydrogen (secondary N) is 3. The molecule has 0 radical (unpaired) electrons. The third-order valence-corrected chi connectivity index (χ3v) is 3.59. The zero-order chi connectivity index (χ0) is 14.7. The minimum atomic E-state index is -0.267. The molecule has 3 heterocycles. The number of H-pyrrole nitrogens is 1.